The second-order valence-corrected chi connectivity index (χ2v) is 5.77. The molecule has 0 radical (unpaired) electrons. The Balaban J connectivity index is 1.75. The Hall–Kier alpha value is -1.91. The first-order chi connectivity index (χ1) is 10.2. The molecule has 114 valence electrons. The highest BCUT2D eigenvalue weighted by Crippen LogP contribution is 2.35. The van der Waals surface area contributed by atoms with Crippen LogP contribution in [0.15, 0.2) is 18.2 Å². The Morgan fingerprint density at radius 2 is 2.38 bits per heavy atom. The van der Waals surface area contributed by atoms with Crippen LogP contribution in [0.1, 0.15) is 25.3 Å². The minimum absolute atomic E-state index is 0.223. The van der Waals surface area contributed by atoms with Gasteiger partial charge in [0.15, 0.2) is 0 Å². The highest BCUT2D eigenvalue weighted by atomic mass is 16.5. The highest BCUT2D eigenvalue weighted by Gasteiger charge is 2.31. The van der Waals surface area contributed by atoms with E-state index in [1.54, 1.807) is 0 Å². The van der Waals surface area contributed by atoms with Crippen LogP contribution in [-0.4, -0.2) is 43.2 Å². The predicted octanol–water partition coefficient (Wildman–Crippen LogP) is 1.99. The number of nitrogens with zero attached hydrogens (tertiary/aromatic N) is 2. The van der Waals surface area contributed by atoms with E-state index in [-0.39, 0.29) is 12.1 Å². The van der Waals surface area contributed by atoms with Crippen LogP contribution in [0.4, 0.5) is 10.5 Å². The summed E-state index contributed by atoms with van der Waals surface area (Å²) in [6.45, 7) is 5.41. The van der Waals surface area contributed by atoms with Gasteiger partial charge >= 0.3 is 6.03 Å². The summed E-state index contributed by atoms with van der Waals surface area (Å²) >= 11 is 0. The Labute approximate surface area is 125 Å². The number of hydrogen-bond acceptors (Lipinski definition) is 3. The lowest BCUT2D eigenvalue weighted by Gasteiger charge is -2.28. The summed E-state index contributed by atoms with van der Waals surface area (Å²) < 4.78 is 5.64. The van der Waals surface area contributed by atoms with Gasteiger partial charge in [0.05, 0.1) is 12.6 Å². The molecule has 5 heteroatoms. The topological polar surface area (TPSA) is 58.8 Å². The van der Waals surface area contributed by atoms with Crippen LogP contribution in [0.3, 0.4) is 0 Å². The summed E-state index contributed by atoms with van der Waals surface area (Å²) in [5.41, 5.74) is 8.09. The number of primary amides is 1. The number of carbonyl (C=O) groups is 1. The molecule has 2 aliphatic heterocycles. The molecule has 2 heterocycles. The lowest BCUT2D eigenvalue weighted by Crippen LogP contribution is -2.45. The number of ether oxygens (including phenoxy) is 1. The highest BCUT2D eigenvalue weighted by molar-refractivity contribution is 5.72. The smallest absolute Gasteiger partial charge is 0.315 e. The van der Waals surface area contributed by atoms with E-state index in [1.807, 2.05) is 17.0 Å². The van der Waals surface area contributed by atoms with Crippen molar-refractivity contribution in [2.45, 2.75) is 32.2 Å². The van der Waals surface area contributed by atoms with Gasteiger partial charge in [-0.25, -0.2) is 4.79 Å². The molecule has 21 heavy (non-hydrogen) atoms. The molecule has 1 atom stereocenters. The van der Waals surface area contributed by atoms with Gasteiger partial charge in [-0.3, -0.25) is 0 Å². The quantitative estimate of drug-likeness (QED) is 0.922. The number of amides is 2. The van der Waals surface area contributed by atoms with Crippen LogP contribution in [-0.2, 0) is 6.42 Å². The molecule has 0 spiro atoms. The minimum Gasteiger partial charge on any atom is -0.493 e. The number of fused-ring (bicyclic) bond motifs is 1. The summed E-state index contributed by atoms with van der Waals surface area (Å²) in [7, 11) is 0. The van der Waals surface area contributed by atoms with Gasteiger partial charge in [-0.05, 0) is 25.0 Å². The number of hydrogen-bond donors (Lipinski definition) is 1. The van der Waals surface area contributed by atoms with Crippen LogP contribution in [0.5, 0.6) is 5.75 Å². The molecule has 1 aromatic rings. The predicted molar refractivity (Wildman–Crippen MR) is 82.8 cm³/mol. The largest absolute Gasteiger partial charge is 0.493 e. The Bertz CT molecular complexity index is 532. The van der Waals surface area contributed by atoms with E-state index >= 15 is 0 Å². The molecule has 3 rings (SSSR count). The van der Waals surface area contributed by atoms with Gasteiger partial charge in [0, 0.05) is 37.3 Å². The molecule has 2 aliphatic rings. The zero-order chi connectivity index (χ0) is 14.8. The summed E-state index contributed by atoms with van der Waals surface area (Å²) in [6, 6.07) is 6.16. The number of benzene rings is 1. The van der Waals surface area contributed by atoms with Gasteiger partial charge in [0.1, 0.15) is 5.75 Å². The first kappa shape index (κ1) is 14.0. The fourth-order valence-electron chi connectivity index (χ4n) is 3.43. The Morgan fingerprint density at radius 1 is 1.52 bits per heavy atom. The molecule has 1 saturated heterocycles. The van der Waals surface area contributed by atoms with E-state index in [2.05, 4.69) is 17.9 Å². The van der Waals surface area contributed by atoms with Crippen LogP contribution in [0.25, 0.3) is 0 Å². The molecule has 2 amide bonds. The van der Waals surface area contributed by atoms with Crippen LogP contribution < -0.4 is 15.4 Å². The first-order valence-electron chi connectivity index (χ1n) is 7.76. The lowest BCUT2D eigenvalue weighted by atomic mass is 10.1. The van der Waals surface area contributed by atoms with E-state index in [0.717, 1.165) is 51.3 Å². The van der Waals surface area contributed by atoms with E-state index in [1.165, 1.54) is 11.3 Å². The summed E-state index contributed by atoms with van der Waals surface area (Å²) in [5.74, 6) is 1.01. The van der Waals surface area contributed by atoms with Crippen molar-refractivity contribution in [3.05, 3.63) is 23.8 Å². The maximum atomic E-state index is 11.6. The third-order valence-electron chi connectivity index (χ3n) is 4.41. The zero-order valence-electron chi connectivity index (χ0n) is 12.5. The third-order valence-corrected chi connectivity index (χ3v) is 4.41. The molecule has 0 saturated carbocycles. The molecule has 1 fully saturated rings. The molecule has 0 aromatic heterocycles. The van der Waals surface area contributed by atoms with Crippen molar-refractivity contribution in [2.75, 3.05) is 31.1 Å². The van der Waals surface area contributed by atoms with Crippen molar-refractivity contribution < 1.29 is 9.53 Å². The van der Waals surface area contributed by atoms with Gasteiger partial charge in [-0.15, -0.1) is 0 Å². The van der Waals surface area contributed by atoms with Crippen molar-refractivity contribution in [1.29, 1.82) is 0 Å². The SMILES string of the molecule is CCCN(C(N)=O)[C@@H]1CCN(c2cccc3c2CCO3)C1. The molecule has 2 N–H and O–H groups in total. The second kappa shape index (κ2) is 5.84. The average molecular weight is 289 g/mol. The number of rotatable bonds is 4. The lowest BCUT2D eigenvalue weighted by molar-refractivity contribution is 0.188. The van der Waals surface area contributed by atoms with Crippen LogP contribution in [0, 0.1) is 0 Å². The van der Waals surface area contributed by atoms with Crippen molar-refractivity contribution in [2.24, 2.45) is 5.73 Å². The van der Waals surface area contributed by atoms with Gasteiger partial charge in [-0.2, -0.15) is 0 Å². The maximum absolute atomic E-state index is 11.6. The third kappa shape index (κ3) is 2.64. The summed E-state index contributed by atoms with van der Waals surface area (Å²) in [5, 5.41) is 0. The normalized spacial score (nSPS) is 20.2. The minimum atomic E-state index is -0.301. The molecule has 0 unspecified atom stereocenters. The van der Waals surface area contributed by atoms with Crippen molar-refractivity contribution in [3.8, 4) is 5.75 Å². The van der Waals surface area contributed by atoms with Gasteiger partial charge < -0.3 is 20.3 Å². The fraction of sp³-hybridized carbons (Fsp3) is 0.562. The molecule has 0 bridgehead atoms. The number of urea groups is 1. The van der Waals surface area contributed by atoms with Crippen molar-refractivity contribution in [1.82, 2.24) is 4.90 Å². The number of nitrogens with two attached hydrogens (primary N) is 1. The zero-order valence-corrected chi connectivity index (χ0v) is 12.5. The molecular weight excluding hydrogens is 266 g/mol. The second-order valence-electron chi connectivity index (χ2n) is 5.77. The Kier molecular flexibility index (Phi) is 3.90. The van der Waals surface area contributed by atoms with Crippen molar-refractivity contribution >= 4 is 11.7 Å². The van der Waals surface area contributed by atoms with Gasteiger partial charge in [-0.1, -0.05) is 13.0 Å². The van der Waals surface area contributed by atoms with E-state index in [9.17, 15) is 4.79 Å². The molecule has 1 aromatic carbocycles. The fourth-order valence-corrected chi connectivity index (χ4v) is 3.43. The number of anilines is 1. The maximum Gasteiger partial charge on any atom is 0.315 e. The summed E-state index contributed by atoms with van der Waals surface area (Å²) in [6.07, 6.45) is 2.89. The van der Waals surface area contributed by atoms with Crippen LogP contribution in [0.2, 0.25) is 0 Å². The van der Waals surface area contributed by atoms with E-state index in [0.29, 0.717) is 0 Å². The van der Waals surface area contributed by atoms with E-state index < -0.39 is 0 Å². The molecule has 0 aliphatic carbocycles. The Morgan fingerprint density at radius 3 is 3.14 bits per heavy atom. The van der Waals surface area contributed by atoms with Gasteiger partial charge in [0.25, 0.3) is 0 Å². The average Bonchev–Trinajstić information content (AvgIpc) is 3.12. The first-order valence-corrected chi connectivity index (χ1v) is 7.76. The number of carbonyl (C=O) groups excluding carboxylic acids is 1. The van der Waals surface area contributed by atoms with Crippen molar-refractivity contribution in [3.63, 3.8) is 0 Å². The van der Waals surface area contributed by atoms with Crippen LogP contribution >= 0.6 is 0 Å². The monoisotopic (exact) mass is 289 g/mol. The van der Waals surface area contributed by atoms with E-state index in [4.69, 9.17) is 10.5 Å². The standard InChI is InChI=1S/C16H23N3O2/c1-2-8-19(16(17)20)12-6-9-18(11-12)14-4-3-5-15-13(14)7-10-21-15/h3-5,12H,2,6-11H2,1H3,(H2,17,20)/t12-/m1/s1. The summed E-state index contributed by atoms with van der Waals surface area (Å²) in [4.78, 5) is 15.8. The van der Waals surface area contributed by atoms with Gasteiger partial charge in [0.2, 0.25) is 0 Å². The molecular formula is C16H23N3O2. The molecule has 5 nitrogen and oxygen atoms in total.